The summed E-state index contributed by atoms with van der Waals surface area (Å²) in [6.45, 7) is 2.10. The molecule has 0 bridgehead atoms. The summed E-state index contributed by atoms with van der Waals surface area (Å²) in [4.78, 5) is 13.1. The van der Waals surface area contributed by atoms with Gasteiger partial charge in [0.2, 0.25) is 5.91 Å². The molecule has 0 saturated carbocycles. The Morgan fingerprint density at radius 3 is 3.15 bits per heavy atom. The van der Waals surface area contributed by atoms with Gasteiger partial charge in [-0.15, -0.1) is 0 Å². The third kappa shape index (κ3) is 3.03. The number of hydrogen-bond donors (Lipinski definition) is 1. The minimum atomic E-state index is 0.0265. The Hall–Kier alpha value is -1.08. The lowest BCUT2D eigenvalue weighted by Crippen LogP contribution is -2.41. The molecule has 1 atom stereocenters. The van der Waals surface area contributed by atoms with E-state index >= 15 is 0 Å². The highest BCUT2D eigenvalue weighted by Gasteiger charge is 2.20. The number of amides is 1. The Kier molecular flexibility index (Phi) is 3.71. The molecular weight excluding hydrogens is 166 g/mol. The molecule has 4 heteroatoms. The summed E-state index contributed by atoms with van der Waals surface area (Å²) in [5.74, 6) is 0.136. The molecule has 1 amide bonds. The van der Waals surface area contributed by atoms with Gasteiger partial charge in [0.15, 0.2) is 0 Å². The first-order chi connectivity index (χ1) is 6.26. The number of carbonyl (C=O) groups is 1. The Morgan fingerprint density at radius 2 is 2.54 bits per heavy atom. The summed E-state index contributed by atoms with van der Waals surface area (Å²) < 4.78 is 0. The minimum absolute atomic E-state index is 0.0265. The summed E-state index contributed by atoms with van der Waals surface area (Å²) >= 11 is 0. The van der Waals surface area contributed by atoms with Crippen LogP contribution in [0.2, 0.25) is 0 Å². The fraction of sp³-hybridized carbons (Fsp3) is 0.778. The van der Waals surface area contributed by atoms with E-state index in [-0.39, 0.29) is 11.8 Å². The number of hydrogen-bond acceptors (Lipinski definition) is 3. The number of nitrogens with zero attached hydrogens (tertiary/aromatic N) is 2. The van der Waals surface area contributed by atoms with Crippen molar-refractivity contribution < 1.29 is 4.79 Å². The van der Waals surface area contributed by atoms with E-state index in [2.05, 4.69) is 11.4 Å². The highest BCUT2D eigenvalue weighted by Crippen LogP contribution is 2.14. The van der Waals surface area contributed by atoms with Gasteiger partial charge in [0.1, 0.15) is 0 Å². The zero-order valence-electron chi connectivity index (χ0n) is 7.92. The van der Waals surface area contributed by atoms with Gasteiger partial charge in [-0.2, -0.15) is 5.26 Å². The first-order valence-corrected chi connectivity index (χ1v) is 4.59. The SMILES string of the molecule is CNC(=O)CN1CCCC(C#N)C1. The monoisotopic (exact) mass is 181 g/mol. The van der Waals surface area contributed by atoms with E-state index in [4.69, 9.17) is 5.26 Å². The first-order valence-electron chi connectivity index (χ1n) is 4.59. The van der Waals surface area contributed by atoms with Gasteiger partial charge in [0, 0.05) is 13.6 Å². The molecule has 1 aliphatic rings. The lowest BCUT2D eigenvalue weighted by molar-refractivity contribution is -0.122. The van der Waals surface area contributed by atoms with Crippen LogP contribution >= 0.6 is 0 Å². The maximum Gasteiger partial charge on any atom is 0.233 e. The number of rotatable bonds is 2. The topological polar surface area (TPSA) is 56.1 Å². The number of piperidine rings is 1. The average molecular weight is 181 g/mol. The third-order valence-corrected chi connectivity index (χ3v) is 2.33. The number of nitrogens with one attached hydrogen (secondary N) is 1. The molecule has 1 aliphatic heterocycles. The van der Waals surface area contributed by atoms with Crippen molar-refractivity contribution in [3.05, 3.63) is 0 Å². The molecule has 0 radical (unpaired) electrons. The molecule has 13 heavy (non-hydrogen) atoms. The van der Waals surface area contributed by atoms with Crippen molar-refractivity contribution in [2.75, 3.05) is 26.7 Å². The molecule has 0 aliphatic carbocycles. The van der Waals surface area contributed by atoms with Crippen LogP contribution in [0.4, 0.5) is 0 Å². The fourth-order valence-electron chi connectivity index (χ4n) is 1.59. The lowest BCUT2D eigenvalue weighted by Gasteiger charge is -2.28. The molecule has 1 rings (SSSR count). The van der Waals surface area contributed by atoms with Gasteiger partial charge in [0.25, 0.3) is 0 Å². The van der Waals surface area contributed by atoms with Crippen LogP contribution in [0.3, 0.4) is 0 Å². The van der Waals surface area contributed by atoms with Crippen molar-refractivity contribution in [3.63, 3.8) is 0 Å². The lowest BCUT2D eigenvalue weighted by atomic mass is 10.00. The van der Waals surface area contributed by atoms with Crippen LogP contribution in [0, 0.1) is 17.2 Å². The molecule has 1 N–H and O–H groups in total. The molecular formula is C9H15N3O. The standard InChI is InChI=1S/C9H15N3O/c1-11-9(13)7-12-4-2-3-8(5-10)6-12/h8H,2-4,6-7H2,1H3,(H,11,13). The fourth-order valence-corrected chi connectivity index (χ4v) is 1.59. The van der Waals surface area contributed by atoms with E-state index in [0.29, 0.717) is 6.54 Å². The molecule has 72 valence electrons. The summed E-state index contributed by atoms with van der Waals surface area (Å²) in [6, 6.07) is 2.25. The van der Waals surface area contributed by atoms with Gasteiger partial charge in [-0.05, 0) is 19.4 Å². The second kappa shape index (κ2) is 4.83. The minimum Gasteiger partial charge on any atom is -0.358 e. The maximum atomic E-state index is 11.0. The van der Waals surface area contributed by atoms with Crippen LogP contribution in [0.25, 0.3) is 0 Å². The van der Waals surface area contributed by atoms with Crippen LogP contribution in [-0.2, 0) is 4.79 Å². The average Bonchev–Trinajstić information content (AvgIpc) is 2.18. The van der Waals surface area contributed by atoms with Crippen molar-refractivity contribution in [1.29, 1.82) is 5.26 Å². The number of likely N-dealkylation sites (tertiary alicyclic amines) is 1. The normalized spacial score (nSPS) is 23.5. The number of nitriles is 1. The Bertz CT molecular complexity index is 221. The Balaban J connectivity index is 2.35. The van der Waals surface area contributed by atoms with Crippen molar-refractivity contribution in [3.8, 4) is 6.07 Å². The van der Waals surface area contributed by atoms with Crippen molar-refractivity contribution in [1.82, 2.24) is 10.2 Å². The summed E-state index contributed by atoms with van der Waals surface area (Å²) in [5.41, 5.74) is 0. The van der Waals surface area contributed by atoms with Crippen LogP contribution in [0.15, 0.2) is 0 Å². The zero-order chi connectivity index (χ0) is 9.68. The van der Waals surface area contributed by atoms with Crippen LogP contribution in [0.1, 0.15) is 12.8 Å². The van der Waals surface area contributed by atoms with Gasteiger partial charge < -0.3 is 5.32 Å². The summed E-state index contributed by atoms with van der Waals surface area (Å²) in [5, 5.41) is 11.3. The molecule has 0 aromatic carbocycles. The van der Waals surface area contributed by atoms with E-state index in [0.717, 1.165) is 25.9 Å². The second-order valence-corrected chi connectivity index (χ2v) is 3.38. The van der Waals surface area contributed by atoms with E-state index in [1.54, 1.807) is 7.05 Å². The molecule has 0 aromatic heterocycles. The van der Waals surface area contributed by atoms with E-state index in [1.165, 1.54) is 0 Å². The molecule has 1 fully saturated rings. The second-order valence-electron chi connectivity index (χ2n) is 3.38. The summed E-state index contributed by atoms with van der Waals surface area (Å²) in [7, 11) is 1.63. The third-order valence-electron chi connectivity index (χ3n) is 2.33. The van der Waals surface area contributed by atoms with Gasteiger partial charge >= 0.3 is 0 Å². The van der Waals surface area contributed by atoms with Crippen LogP contribution in [0.5, 0.6) is 0 Å². The largest absolute Gasteiger partial charge is 0.358 e. The molecule has 1 heterocycles. The van der Waals surface area contributed by atoms with E-state index < -0.39 is 0 Å². The zero-order valence-corrected chi connectivity index (χ0v) is 7.92. The predicted molar refractivity (Wildman–Crippen MR) is 48.8 cm³/mol. The Labute approximate surface area is 78.5 Å². The van der Waals surface area contributed by atoms with Gasteiger partial charge in [0.05, 0.1) is 18.5 Å². The van der Waals surface area contributed by atoms with Crippen molar-refractivity contribution in [2.45, 2.75) is 12.8 Å². The number of likely N-dealkylation sites (N-methyl/N-ethyl adjacent to an activating group) is 1. The first kappa shape index (κ1) is 10.0. The van der Waals surface area contributed by atoms with Crippen LogP contribution < -0.4 is 5.32 Å². The molecule has 0 aromatic rings. The van der Waals surface area contributed by atoms with Gasteiger partial charge in [-0.25, -0.2) is 0 Å². The van der Waals surface area contributed by atoms with Crippen LogP contribution in [-0.4, -0.2) is 37.5 Å². The smallest absolute Gasteiger partial charge is 0.233 e. The van der Waals surface area contributed by atoms with Crippen molar-refractivity contribution in [2.24, 2.45) is 5.92 Å². The molecule has 1 unspecified atom stereocenters. The quantitative estimate of drug-likeness (QED) is 0.650. The number of carbonyl (C=O) groups excluding carboxylic acids is 1. The highest BCUT2D eigenvalue weighted by atomic mass is 16.1. The predicted octanol–water partition coefficient (Wildman–Crippen LogP) is -0.0320. The molecule has 0 spiro atoms. The molecule has 1 saturated heterocycles. The molecule has 4 nitrogen and oxygen atoms in total. The van der Waals surface area contributed by atoms with Gasteiger partial charge in [-0.3, -0.25) is 9.69 Å². The van der Waals surface area contributed by atoms with Crippen molar-refractivity contribution >= 4 is 5.91 Å². The summed E-state index contributed by atoms with van der Waals surface area (Å²) in [6.07, 6.45) is 2.00. The maximum absolute atomic E-state index is 11.0. The van der Waals surface area contributed by atoms with E-state index in [1.807, 2.05) is 4.90 Å². The van der Waals surface area contributed by atoms with Gasteiger partial charge in [-0.1, -0.05) is 0 Å². The van der Waals surface area contributed by atoms with E-state index in [9.17, 15) is 4.79 Å². The Morgan fingerprint density at radius 1 is 1.77 bits per heavy atom. The highest BCUT2D eigenvalue weighted by molar-refractivity contribution is 5.77.